The van der Waals surface area contributed by atoms with Gasteiger partial charge in [0.1, 0.15) is 11.7 Å². The molecule has 0 fully saturated rings. The molecule has 2 unspecified atom stereocenters. The molecule has 102 valence electrons. The van der Waals surface area contributed by atoms with E-state index >= 15 is 0 Å². The van der Waals surface area contributed by atoms with E-state index in [9.17, 15) is 22.0 Å². The first-order chi connectivity index (χ1) is 8.06. The Morgan fingerprint density at radius 1 is 1.56 bits per heavy atom. The number of amides is 1. The van der Waals surface area contributed by atoms with Gasteiger partial charge in [-0.05, 0) is 6.08 Å². The summed E-state index contributed by atoms with van der Waals surface area (Å²) in [5, 5.41) is -2.80. The summed E-state index contributed by atoms with van der Waals surface area (Å²) in [6, 6.07) is 0. The zero-order chi connectivity index (χ0) is 14.1. The molecule has 2 atom stereocenters. The molecular weight excluding hydrogens is 290 g/mol. The first-order valence-electron chi connectivity index (χ1n) is 4.75. The molecule has 0 bridgehead atoms. The lowest BCUT2D eigenvalue weighted by molar-refractivity contribution is -0.123. The lowest BCUT2D eigenvalue weighted by Crippen LogP contribution is -2.46. The number of nitrogens with one attached hydrogen (secondary N) is 1. The minimum absolute atomic E-state index is 0.404. The third-order valence-electron chi connectivity index (χ3n) is 2.19. The summed E-state index contributed by atoms with van der Waals surface area (Å²) in [5.41, 5.74) is 0. The second-order valence-corrected chi connectivity index (χ2v) is 6.26. The number of alkyl halides is 2. The average molecular weight is 301 g/mol. The highest BCUT2D eigenvalue weighted by atomic mass is 35.5. The van der Waals surface area contributed by atoms with E-state index < -0.39 is 33.0 Å². The van der Waals surface area contributed by atoms with Crippen molar-refractivity contribution in [1.82, 2.24) is 9.03 Å². The highest BCUT2D eigenvalue weighted by Crippen LogP contribution is 2.35. The minimum atomic E-state index is -4.05. The molecule has 0 aromatic heterocycles. The molecule has 1 rings (SSSR count). The van der Waals surface area contributed by atoms with Crippen LogP contribution in [0.15, 0.2) is 24.1 Å². The Kier molecular flexibility index (Phi) is 4.14. The van der Waals surface area contributed by atoms with Gasteiger partial charge in [-0.1, -0.05) is 17.7 Å². The zero-order valence-electron chi connectivity index (χ0n) is 9.52. The van der Waals surface area contributed by atoms with E-state index in [1.165, 1.54) is 14.1 Å². The van der Waals surface area contributed by atoms with Crippen LogP contribution in [0, 0.1) is 5.92 Å². The number of halogens is 3. The molecular formula is C9H11ClF2N2O3S. The lowest BCUT2D eigenvalue weighted by atomic mass is 9.97. The fraction of sp³-hybridized carbons (Fsp3) is 0.444. The number of allylic oxidation sites excluding steroid dienone is 3. The Balaban J connectivity index is 2.91. The molecule has 1 aliphatic carbocycles. The van der Waals surface area contributed by atoms with Crippen LogP contribution in [0.5, 0.6) is 0 Å². The molecule has 18 heavy (non-hydrogen) atoms. The Hall–Kier alpha value is -0.990. The number of hydrogen-bond acceptors (Lipinski definition) is 3. The molecule has 9 heteroatoms. The van der Waals surface area contributed by atoms with Crippen molar-refractivity contribution in [2.24, 2.45) is 5.92 Å². The van der Waals surface area contributed by atoms with Crippen molar-refractivity contribution in [3.05, 3.63) is 24.1 Å². The van der Waals surface area contributed by atoms with Crippen molar-refractivity contribution in [2.45, 2.75) is 5.13 Å². The number of carbonyl (C=O) groups excluding carboxylic acids is 1. The van der Waals surface area contributed by atoms with Gasteiger partial charge in [-0.2, -0.15) is 12.7 Å². The van der Waals surface area contributed by atoms with Gasteiger partial charge in [-0.3, -0.25) is 4.79 Å². The quantitative estimate of drug-likeness (QED) is 0.786. The van der Waals surface area contributed by atoms with Crippen LogP contribution >= 0.6 is 11.6 Å². The highest BCUT2D eigenvalue weighted by molar-refractivity contribution is 7.87. The summed E-state index contributed by atoms with van der Waals surface area (Å²) in [5.74, 6) is -3.75. The Morgan fingerprint density at radius 2 is 2.11 bits per heavy atom. The van der Waals surface area contributed by atoms with Gasteiger partial charge in [0.2, 0.25) is 11.0 Å². The van der Waals surface area contributed by atoms with Gasteiger partial charge in [-0.15, -0.1) is 0 Å². The summed E-state index contributed by atoms with van der Waals surface area (Å²) in [7, 11) is -1.67. The maximum absolute atomic E-state index is 13.7. The Labute approximate surface area is 108 Å². The van der Waals surface area contributed by atoms with Crippen LogP contribution in [0.2, 0.25) is 0 Å². The Bertz CT molecular complexity index is 514. The topological polar surface area (TPSA) is 66.5 Å². The lowest BCUT2D eigenvalue weighted by Gasteiger charge is -2.25. The smallest absolute Gasteiger partial charge is 0.273 e. The van der Waals surface area contributed by atoms with Crippen molar-refractivity contribution in [2.75, 3.05) is 14.1 Å². The molecule has 0 heterocycles. The summed E-state index contributed by atoms with van der Waals surface area (Å²) in [4.78, 5) is 11.6. The normalized spacial score (nSPS) is 28.1. The molecule has 1 aliphatic rings. The van der Waals surface area contributed by atoms with Crippen LogP contribution in [0.1, 0.15) is 0 Å². The monoisotopic (exact) mass is 300 g/mol. The molecule has 0 aromatic carbocycles. The first kappa shape index (κ1) is 15.1. The number of nitrogens with zero attached hydrogens (tertiary/aromatic N) is 1. The Morgan fingerprint density at radius 3 is 2.56 bits per heavy atom. The third-order valence-corrected chi connectivity index (χ3v) is 3.95. The fourth-order valence-corrected chi connectivity index (χ4v) is 2.02. The van der Waals surface area contributed by atoms with Crippen molar-refractivity contribution < 1.29 is 22.0 Å². The maximum atomic E-state index is 13.7. The van der Waals surface area contributed by atoms with E-state index in [1.54, 1.807) is 4.72 Å². The van der Waals surface area contributed by atoms with E-state index in [4.69, 9.17) is 11.6 Å². The number of hydrogen-bond donors (Lipinski definition) is 1. The van der Waals surface area contributed by atoms with Gasteiger partial charge in [-0.25, -0.2) is 13.5 Å². The van der Waals surface area contributed by atoms with Crippen LogP contribution in [-0.4, -0.2) is 37.9 Å². The zero-order valence-corrected chi connectivity index (χ0v) is 11.1. The summed E-state index contributed by atoms with van der Waals surface area (Å²) in [6.45, 7) is 0. The van der Waals surface area contributed by atoms with Gasteiger partial charge in [0.05, 0.1) is 0 Å². The molecule has 0 saturated carbocycles. The molecule has 1 amide bonds. The van der Waals surface area contributed by atoms with Crippen LogP contribution in [-0.2, 0) is 15.0 Å². The van der Waals surface area contributed by atoms with Crippen LogP contribution in [0.25, 0.3) is 0 Å². The van der Waals surface area contributed by atoms with Gasteiger partial charge in [0.25, 0.3) is 0 Å². The fourth-order valence-electron chi connectivity index (χ4n) is 1.18. The SMILES string of the molecule is CN(C)S(=O)(=O)NC(=O)C1C=CC(F)=CC1(F)Cl. The number of rotatable bonds is 3. The molecule has 0 saturated heterocycles. The highest BCUT2D eigenvalue weighted by Gasteiger charge is 2.42. The largest absolute Gasteiger partial charge is 0.303 e. The van der Waals surface area contributed by atoms with Gasteiger partial charge in [0, 0.05) is 20.2 Å². The minimum Gasteiger partial charge on any atom is -0.273 e. The van der Waals surface area contributed by atoms with Gasteiger partial charge < -0.3 is 0 Å². The van der Waals surface area contributed by atoms with Gasteiger partial charge >= 0.3 is 10.2 Å². The van der Waals surface area contributed by atoms with E-state index in [2.05, 4.69) is 0 Å². The van der Waals surface area contributed by atoms with E-state index in [0.29, 0.717) is 6.08 Å². The predicted molar refractivity (Wildman–Crippen MR) is 62.3 cm³/mol. The van der Waals surface area contributed by atoms with E-state index in [0.717, 1.165) is 16.5 Å². The standard InChI is InChI=1S/C9H11ClF2N2O3S/c1-14(2)18(16,17)13-8(15)7-4-3-6(11)5-9(7,10)12/h3-5,7H,1-2H3,(H,13,15). The predicted octanol–water partition coefficient (Wildman–Crippen LogP) is 0.853. The molecule has 0 spiro atoms. The maximum Gasteiger partial charge on any atom is 0.303 e. The van der Waals surface area contributed by atoms with Gasteiger partial charge in [0.15, 0.2) is 0 Å². The molecule has 0 aromatic rings. The van der Waals surface area contributed by atoms with Crippen LogP contribution in [0.4, 0.5) is 8.78 Å². The van der Waals surface area contributed by atoms with Crippen LogP contribution < -0.4 is 4.72 Å². The first-order valence-corrected chi connectivity index (χ1v) is 6.56. The van der Waals surface area contributed by atoms with Crippen molar-refractivity contribution in [3.63, 3.8) is 0 Å². The van der Waals surface area contributed by atoms with Crippen molar-refractivity contribution in [3.8, 4) is 0 Å². The third kappa shape index (κ3) is 3.27. The second kappa shape index (κ2) is 4.94. The number of carbonyl (C=O) groups is 1. The molecule has 0 radical (unpaired) electrons. The average Bonchev–Trinajstić information content (AvgIpc) is 2.13. The summed E-state index contributed by atoms with van der Waals surface area (Å²) in [6.07, 6.45) is 2.11. The van der Waals surface area contributed by atoms with Crippen LogP contribution in [0.3, 0.4) is 0 Å². The van der Waals surface area contributed by atoms with Crippen molar-refractivity contribution >= 4 is 27.7 Å². The molecule has 1 N–H and O–H groups in total. The molecule has 5 nitrogen and oxygen atoms in total. The second-order valence-electron chi connectivity index (χ2n) is 3.79. The van der Waals surface area contributed by atoms with E-state index in [-0.39, 0.29) is 0 Å². The van der Waals surface area contributed by atoms with Crippen molar-refractivity contribution in [1.29, 1.82) is 0 Å². The summed E-state index contributed by atoms with van der Waals surface area (Å²) < 4.78 is 51.6. The van der Waals surface area contributed by atoms with E-state index in [1.807, 2.05) is 0 Å². The molecule has 0 aliphatic heterocycles. The summed E-state index contributed by atoms with van der Waals surface area (Å²) >= 11 is 5.33.